The van der Waals surface area contributed by atoms with Gasteiger partial charge in [-0.25, -0.2) is 5.43 Å². The van der Waals surface area contributed by atoms with Crippen LogP contribution in [-0.4, -0.2) is 11.6 Å². The average Bonchev–Trinajstić information content (AvgIpc) is 2.58. The van der Waals surface area contributed by atoms with Crippen LogP contribution in [-0.2, 0) is 22.0 Å². The third kappa shape index (κ3) is 6.06. The van der Waals surface area contributed by atoms with Crippen LogP contribution < -0.4 is 5.43 Å². The van der Waals surface area contributed by atoms with Crippen molar-refractivity contribution in [2.75, 3.05) is 0 Å². The highest BCUT2D eigenvalue weighted by atomic mass is 16.2. The van der Waals surface area contributed by atoms with Crippen LogP contribution in [0.25, 0.3) is 0 Å². The molecule has 0 unspecified atom stereocenters. The molecule has 0 aliphatic carbocycles. The van der Waals surface area contributed by atoms with Crippen LogP contribution in [0.4, 0.5) is 0 Å². The Bertz CT molecular complexity index is 801. The second-order valence-electron chi connectivity index (χ2n) is 9.18. The molecule has 0 aromatic heterocycles. The number of amides is 1. The van der Waals surface area contributed by atoms with Gasteiger partial charge in [-0.1, -0.05) is 90.1 Å². The summed E-state index contributed by atoms with van der Waals surface area (Å²) in [5.41, 5.74) is 8.25. The minimum absolute atomic E-state index is 0.107. The number of nitrogens with zero attached hydrogens (tertiary/aromatic N) is 1. The summed E-state index contributed by atoms with van der Waals surface area (Å²) in [6.07, 6.45) is 0.324. The largest absolute Gasteiger partial charge is 0.273 e. The molecule has 0 bridgehead atoms. The van der Waals surface area contributed by atoms with Crippen molar-refractivity contribution in [3.05, 3.63) is 70.8 Å². The van der Waals surface area contributed by atoms with Crippen LogP contribution in [0.3, 0.4) is 0 Å². The lowest BCUT2D eigenvalue weighted by Crippen LogP contribution is -2.21. The first-order valence-electron chi connectivity index (χ1n) is 9.50. The first-order valence-corrected chi connectivity index (χ1v) is 9.50. The van der Waals surface area contributed by atoms with Crippen LogP contribution in [0.5, 0.6) is 0 Å². The third-order valence-electron chi connectivity index (χ3n) is 4.70. The monoisotopic (exact) mass is 364 g/mol. The number of carbonyl (C=O) groups excluding carboxylic acids is 1. The van der Waals surface area contributed by atoms with Crippen molar-refractivity contribution in [2.24, 2.45) is 5.10 Å². The molecule has 0 saturated carbocycles. The Morgan fingerprint density at radius 3 is 1.70 bits per heavy atom. The predicted molar refractivity (Wildman–Crippen MR) is 114 cm³/mol. The van der Waals surface area contributed by atoms with Crippen molar-refractivity contribution < 1.29 is 4.79 Å². The van der Waals surface area contributed by atoms with E-state index < -0.39 is 0 Å². The lowest BCUT2D eigenvalue weighted by molar-refractivity contribution is -0.120. The van der Waals surface area contributed by atoms with Crippen molar-refractivity contribution in [1.29, 1.82) is 0 Å². The van der Waals surface area contributed by atoms with Gasteiger partial charge in [0, 0.05) is 0 Å². The normalized spacial score (nSPS) is 12.8. The third-order valence-corrected chi connectivity index (χ3v) is 4.70. The van der Waals surface area contributed by atoms with Gasteiger partial charge >= 0.3 is 0 Å². The quantitative estimate of drug-likeness (QED) is 0.575. The van der Waals surface area contributed by atoms with E-state index in [1.54, 1.807) is 0 Å². The summed E-state index contributed by atoms with van der Waals surface area (Å²) in [7, 11) is 0. The molecule has 3 nitrogen and oxygen atoms in total. The van der Waals surface area contributed by atoms with E-state index in [0.717, 1.165) is 16.8 Å². The molecule has 0 aliphatic rings. The number of rotatable bonds is 4. The van der Waals surface area contributed by atoms with Gasteiger partial charge in [-0.3, -0.25) is 4.79 Å². The molecule has 27 heavy (non-hydrogen) atoms. The second-order valence-corrected chi connectivity index (χ2v) is 9.18. The zero-order chi connectivity index (χ0) is 20.2. The Balaban J connectivity index is 1.97. The fourth-order valence-electron chi connectivity index (χ4n) is 2.77. The molecule has 2 aromatic carbocycles. The van der Waals surface area contributed by atoms with E-state index in [4.69, 9.17) is 0 Å². The SMILES string of the molecule is C/C(=N/NC(=O)Cc1ccc(C(C)(C)C)cc1)c1ccc(C(C)(C)C)cc1. The maximum Gasteiger partial charge on any atom is 0.244 e. The van der Waals surface area contributed by atoms with Crippen LogP contribution in [0, 0.1) is 0 Å². The van der Waals surface area contributed by atoms with E-state index in [2.05, 4.69) is 88.5 Å². The second kappa shape index (κ2) is 8.08. The fourth-order valence-corrected chi connectivity index (χ4v) is 2.77. The highest BCUT2D eigenvalue weighted by molar-refractivity contribution is 5.99. The van der Waals surface area contributed by atoms with E-state index in [0.29, 0.717) is 6.42 Å². The van der Waals surface area contributed by atoms with Gasteiger partial charge in [0.25, 0.3) is 0 Å². The zero-order valence-corrected chi connectivity index (χ0v) is 17.7. The molecule has 0 fully saturated rings. The molecule has 2 rings (SSSR count). The van der Waals surface area contributed by atoms with Crippen LogP contribution in [0.15, 0.2) is 53.6 Å². The van der Waals surface area contributed by atoms with E-state index in [1.165, 1.54) is 11.1 Å². The molecule has 0 atom stereocenters. The Kier molecular flexibility index (Phi) is 6.25. The van der Waals surface area contributed by atoms with Gasteiger partial charge in [-0.15, -0.1) is 0 Å². The highest BCUT2D eigenvalue weighted by Crippen LogP contribution is 2.23. The zero-order valence-electron chi connectivity index (χ0n) is 17.7. The predicted octanol–water partition coefficient (Wildman–Crippen LogP) is 5.36. The average molecular weight is 365 g/mol. The van der Waals surface area contributed by atoms with Gasteiger partial charge in [0.15, 0.2) is 0 Å². The van der Waals surface area contributed by atoms with Crippen molar-refractivity contribution in [3.8, 4) is 0 Å². The molecule has 0 saturated heterocycles. The van der Waals surface area contributed by atoms with Gasteiger partial charge in [0.1, 0.15) is 0 Å². The summed E-state index contributed by atoms with van der Waals surface area (Å²) in [5.74, 6) is -0.107. The van der Waals surface area contributed by atoms with Gasteiger partial charge in [-0.2, -0.15) is 5.10 Å². The van der Waals surface area contributed by atoms with Gasteiger partial charge in [-0.05, 0) is 40.0 Å². The Hall–Kier alpha value is -2.42. The van der Waals surface area contributed by atoms with Crippen molar-refractivity contribution in [2.45, 2.75) is 65.7 Å². The number of carbonyl (C=O) groups is 1. The summed E-state index contributed by atoms with van der Waals surface area (Å²) in [6.45, 7) is 15.0. The molecule has 3 heteroatoms. The number of nitrogens with one attached hydrogen (secondary N) is 1. The molecular weight excluding hydrogens is 332 g/mol. The van der Waals surface area contributed by atoms with Gasteiger partial charge in [0.05, 0.1) is 12.1 Å². The summed E-state index contributed by atoms with van der Waals surface area (Å²) >= 11 is 0. The lowest BCUT2D eigenvalue weighted by atomic mass is 9.86. The van der Waals surface area contributed by atoms with Crippen LogP contribution in [0.1, 0.15) is 70.7 Å². The first-order chi connectivity index (χ1) is 12.5. The maximum absolute atomic E-state index is 12.2. The molecule has 0 aliphatic heterocycles. The summed E-state index contributed by atoms with van der Waals surface area (Å²) in [4.78, 5) is 12.2. The summed E-state index contributed by atoms with van der Waals surface area (Å²) < 4.78 is 0. The van der Waals surface area contributed by atoms with Crippen LogP contribution >= 0.6 is 0 Å². The molecule has 0 spiro atoms. The minimum atomic E-state index is -0.107. The molecule has 2 aromatic rings. The van der Waals surface area contributed by atoms with E-state index in [1.807, 2.05) is 19.1 Å². The number of benzene rings is 2. The Labute approximate surface area is 163 Å². The highest BCUT2D eigenvalue weighted by Gasteiger charge is 2.14. The maximum atomic E-state index is 12.2. The van der Waals surface area contributed by atoms with Crippen molar-refractivity contribution in [1.82, 2.24) is 5.43 Å². The molecule has 0 radical (unpaired) electrons. The molecular formula is C24H32N2O. The first kappa shape index (κ1) is 20.9. The number of hydrogen-bond donors (Lipinski definition) is 1. The van der Waals surface area contributed by atoms with E-state index in [-0.39, 0.29) is 16.7 Å². The van der Waals surface area contributed by atoms with Crippen molar-refractivity contribution in [3.63, 3.8) is 0 Å². The molecule has 144 valence electrons. The molecule has 1 N–H and O–H groups in total. The summed E-state index contributed by atoms with van der Waals surface area (Å²) in [5, 5.41) is 4.26. The molecule has 1 amide bonds. The summed E-state index contributed by atoms with van der Waals surface area (Å²) in [6, 6.07) is 16.6. The lowest BCUT2D eigenvalue weighted by Gasteiger charge is -2.19. The Morgan fingerprint density at radius 2 is 1.26 bits per heavy atom. The van der Waals surface area contributed by atoms with Gasteiger partial charge in [0.2, 0.25) is 5.91 Å². The van der Waals surface area contributed by atoms with Gasteiger partial charge < -0.3 is 0 Å². The standard InChI is InChI=1S/C24H32N2O/c1-17(19-10-14-21(15-11-19)24(5,6)7)25-26-22(27)16-18-8-12-20(13-9-18)23(2,3)4/h8-15H,16H2,1-7H3,(H,26,27)/b25-17-. The van der Waals surface area contributed by atoms with E-state index in [9.17, 15) is 4.79 Å². The van der Waals surface area contributed by atoms with E-state index >= 15 is 0 Å². The van der Waals surface area contributed by atoms with Crippen LogP contribution in [0.2, 0.25) is 0 Å². The number of hydrogen-bond acceptors (Lipinski definition) is 2. The molecule has 0 heterocycles. The Morgan fingerprint density at radius 1 is 0.815 bits per heavy atom. The minimum Gasteiger partial charge on any atom is -0.273 e. The van der Waals surface area contributed by atoms with Crippen molar-refractivity contribution >= 4 is 11.6 Å². The fraction of sp³-hybridized carbons (Fsp3) is 0.417. The topological polar surface area (TPSA) is 41.5 Å². The smallest absolute Gasteiger partial charge is 0.244 e. The number of hydrazone groups is 1.